The number of carbonyl (C=O) groups is 2. The van der Waals surface area contributed by atoms with E-state index in [1.54, 1.807) is 0 Å². The first kappa shape index (κ1) is 27.3. The zero-order chi connectivity index (χ0) is 29.1. The minimum atomic E-state index is -1.82. The van der Waals surface area contributed by atoms with Crippen LogP contribution in [0.4, 0.5) is 0 Å². The van der Waals surface area contributed by atoms with Gasteiger partial charge in [-0.15, -0.1) is 11.3 Å². The summed E-state index contributed by atoms with van der Waals surface area (Å²) in [7, 11) is 0. The Kier molecular flexibility index (Phi) is 5.80. The molecule has 2 heterocycles. The van der Waals surface area contributed by atoms with Gasteiger partial charge in [-0.05, 0) is 78.5 Å². The maximum absolute atomic E-state index is 14.9. The number of carbonyl (C=O) groups excluding carboxylic acids is 2. The van der Waals surface area contributed by atoms with Crippen LogP contribution in [-0.4, -0.2) is 47.1 Å². The van der Waals surface area contributed by atoms with Crippen molar-refractivity contribution < 1.29 is 28.9 Å². The minimum Gasteiger partial charge on any atom is -0.450 e. The van der Waals surface area contributed by atoms with Crippen LogP contribution in [0.5, 0.6) is 0 Å². The van der Waals surface area contributed by atoms with Gasteiger partial charge in [-0.1, -0.05) is 63.3 Å². The summed E-state index contributed by atoms with van der Waals surface area (Å²) in [6, 6.07) is 11.6. The van der Waals surface area contributed by atoms with Crippen molar-refractivity contribution in [2.45, 2.75) is 71.6 Å². The lowest BCUT2D eigenvalue weighted by molar-refractivity contribution is -0.302. The highest BCUT2D eigenvalue weighted by molar-refractivity contribution is 7.12. The molecular weight excluding hydrogens is 536 g/mol. The lowest BCUT2D eigenvalue weighted by Crippen LogP contribution is -2.68. The molecule has 8 atom stereocenters. The second kappa shape index (κ2) is 8.73. The number of Topliss-reactive ketones (excluding diaryl/α,β-unsaturated/α-hetero) is 1. The van der Waals surface area contributed by atoms with Gasteiger partial charge < -0.3 is 19.3 Å². The highest BCUT2D eigenvalue weighted by Crippen LogP contribution is 2.72. The molecule has 7 rings (SSSR count). The third-order valence-corrected chi connectivity index (χ3v) is 11.7. The summed E-state index contributed by atoms with van der Waals surface area (Å²) in [6.07, 6.45) is 2.84. The lowest BCUT2D eigenvalue weighted by Gasteiger charge is -2.52. The normalized spacial score (nSPS) is 39.7. The number of esters is 1. The Labute approximate surface area is 245 Å². The van der Waals surface area contributed by atoms with E-state index in [-0.39, 0.29) is 35.6 Å². The van der Waals surface area contributed by atoms with Gasteiger partial charge in [0.05, 0.1) is 12.0 Å². The van der Waals surface area contributed by atoms with Crippen LogP contribution < -0.4 is 0 Å². The summed E-state index contributed by atoms with van der Waals surface area (Å²) in [6.45, 7) is 12.3. The van der Waals surface area contributed by atoms with E-state index in [2.05, 4.69) is 20.8 Å². The van der Waals surface area contributed by atoms with Gasteiger partial charge >= 0.3 is 5.97 Å². The number of ether oxygens (including phenoxy) is 3. The molecule has 1 aromatic carbocycles. The van der Waals surface area contributed by atoms with Gasteiger partial charge in [0.1, 0.15) is 11.0 Å². The number of hydrogen-bond acceptors (Lipinski definition) is 7. The van der Waals surface area contributed by atoms with Crippen molar-refractivity contribution in [1.82, 2.24) is 0 Å². The van der Waals surface area contributed by atoms with E-state index in [1.165, 1.54) is 11.3 Å². The fourth-order valence-electron chi connectivity index (χ4n) is 8.77. The minimum absolute atomic E-state index is 0.00729. The second-order valence-corrected chi connectivity index (χ2v) is 14.7. The Morgan fingerprint density at radius 1 is 1.12 bits per heavy atom. The Balaban J connectivity index is 1.35. The maximum Gasteiger partial charge on any atom is 0.349 e. The van der Waals surface area contributed by atoms with Crippen molar-refractivity contribution in [2.24, 2.45) is 34.5 Å². The standard InChI is InChI=1S/C34H38O6S/c1-18-16-33-19(2)14-24-25(31(24,3)4)23(27(33)35)15-21-17-38-32(5,6)40-29(21)34(33,37)28(18)39-30(36)26-22(12-13-41-26)20-10-8-7-9-11-20/h7-13,15-16,19,23-25,28-29,37H,14,17H2,1-6H3/t19-,23+,24-,25+,28+,29-,33+,34-/m1/s1. The third kappa shape index (κ3) is 3.59. The summed E-state index contributed by atoms with van der Waals surface area (Å²) in [5, 5.41) is 15.1. The fraction of sp³-hybridized carbons (Fsp3) is 0.529. The fourth-order valence-corrected chi connectivity index (χ4v) is 9.57. The molecule has 1 N–H and O–H groups in total. The number of aliphatic hydroxyl groups is 1. The van der Waals surface area contributed by atoms with Gasteiger partial charge in [-0.3, -0.25) is 4.79 Å². The van der Waals surface area contributed by atoms with E-state index in [0.29, 0.717) is 16.4 Å². The second-order valence-electron chi connectivity index (χ2n) is 13.8. The molecule has 3 fully saturated rings. The van der Waals surface area contributed by atoms with Gasteiger partial charge in [0.25, 0.3) is 0 Å². The molecular formula is C34H38O6S. The van der Waals surface area contributed by atoms with Crippen LogP contribution in [0, 0.1) is 34.5 Å². The van der Waals surface area contributed by atoms with E-state index in [0.717, 1.165) is 23.1 Å². The molecule has 1 saturated heterocycles. The first-order valence-electron chi connectivity index (χ1n) is 14.6. The number of allylic oxidation sites excluding steroid dienone is 1. The van der Waals surface area contributed by atoms with Crippen molar-refractivity contribution in [1.29, 1.82) is 0 Å². The van der Waals surface area contributed by atoms with E-state index < -0.39 is 35.0 Å². The summed E-state index contributed by atoms with van der Waals surface area (Å²) < 4.78 is 18.9. The lowest BCUT2D eigenvalue weighted by atomic mass is 9.59. The SMILES string of the molecule is CC1=C[C@]23C(=O)[C@@H](C=C4COC(C)(C)O[C@H]4[C@]2(O)[C@H]1OC(=O)c1sccc1-c1ccccc1)[C@H]1[C@@H](C[C@H]3C)C1(C)C. The largest absolute Gasteiger partial charge is 0.450 e. The number of benzene rings is 1. The van der Waals surface area contributed by atoms with Crippen LogP contribution in [-0.2, 0) is 19.0 Å². The predicted molar refractivity (Wildman–Crippen MR) is 156 cm³/mol. The molecule has 1 aliphatic heterocycles. The summed E-state index contributed by atoms with van der Waals surface area (Å²) in [4.78, 5) is 29.2. The van der Waals surface area contributed by atoms with Crippen LogP contribution in [0.3, 0.4) is 0 Å². The molecule has 2 bridgehead atoms. The van der Waals surface area contributed by atoms with Crippen LogP contribution in [0.25, 0.3) is 11.1 Å². The molecule has 2 saturated carbocycles. The molecule has 0 unspecified atom stereocenters. The molecule has 1 aromatic heterocycles. The summed E-state index contributed by atoms with van der Waals surface area (Å²) in [5.41, 5.74) is 0.0979. The topological polar surface area (TPSA) is 82.1 Å². The first-order valence-corrected chi connectivity index (χ1v) is 15.5. The smallest absolute Gasteiger partial charge is 0.349 e. The molecule has 2 aromatic rings. The Morgan fingerprint density at radius 3 is 2.59 bits per heavy atom. The van der Waals surface area contributed by atoms with Crippen molar-refractivity contribution in [2.75, 3.05) is 6.61 Å². The number of rotatable bonds is 3. The van der Waals surface area contributed by atoms with Crippen molar-refractivity contribution >= 4 is 23.1 Å². The molecule has 0 amide bonds. The maximum atomic E-state index is 14.9. The van der Waals surface area contributed by atoms with E-state index in [4.69, 9.17) is 14.2 Å². The Bertz CT molecular complexity index is 1500. The zero-order valence-corrected chi connectivity index (χ0v) is 25.3. The highest BCUT2D eigenvalue weighted by atomic mass is 32.1. The highest BCUT2D eigenvalue weighted by Gasteiger charge is 2.77. The molecule has 1 spiro atoms. The molecule has 216 valence electrons. The van der Waals surface area contributed by atoms with Crippen molar-refractivity contribution in [3.8, 4) is 11.1 Å². The zero-order valence-electron chi connectivity index (χ0n) is 24.5. The predicted octanol–water partition coefficient (Wildman–Crippen LogP) is 6.21. The summed E-state index contributed by atoms with van der Waals surface area (Å²) in [5.74, 6) is -1.47. The number of ketones is 1. The van der Waals surface area contributed by atoms with Crippen LogP contribution in [0.2, 0.25) is 0 Å². The van der Waals surface area contributed by atoms with Gasteiger partial charge in [-0.2, -0.15) is 0 Å². The average Bonchev–Trinajstić information content (AvgIpc) is 3.21. The molecule has 7 heteroatoms. The van der Waals surface area contributed by atoms with Crippen molar-refractivity contribution in [3.63, 3.8) is 0 Å². The van der Waals surface area contributed by atoms with Crippen LogP contribution in [0.15, 0.2) is 65.1 Å². The van der Waals surface area contributed by atoms with E-state index in [9.17, 15) is 14.7 Å². The molecule has 5 aliphatic rings. The van der Waals surface area contributed by atoms with Crippen LogP contribution in [0.1, 0.15) is 57.6 Å². The van der Waals surface area contributed by atoms with E-state index >= 15 is 0 Å². The van der Waals surface area contributed by atoms with Crippen LogP contribution >= 0.6 is 11.3 Å². The van der Waals surface area contributed by atoms with Gasteiger partial charge in [0, 0.05) is 11.5 Å². The first-order chi connectivity index (χ1) is 19.3. The van der Waals surface area contributed by atoms with E-state index in [1.807, 2.05) is 74.7 Å². The van der Waals surface area contributed by atoms with Gasteiger partial charge in [0.2, 0.25) is 0 Å². The Hall–Kier alpha value is -2.58. The third-order valence-electron chi connectivity index (χ3n) is 10.8. The number of fused-ring (bicyclic) bond motifs is 5. The Morgan fingerprint density at radius 2 is 1.85 bits per heavy atom. The number of thiophene rings is 1. The number of hydrogen-bond donors (Lipinski definition) is 1. The van der Waals surface area contributed by atoms with Gasteiger partial charge in [-0.25, -0.2) is 4.79 Å². The average molecular weight is 575 g/mol. The summed E-state index contributed by atoms with van der Waals surface area (Å²) >= 11 is 1.31. The molecule has 0 radical (unpaired) electrons. The monoisotopic (exact) mass is 574 g/mol. The van der Waals surface area contributed by atoms with Crippen molar-refractivity contribution in [3.05, 3.63) is 70.0 Å². The van der Waals surface area contributed by atoms with Gasteiger partial charge in [0.15, 0.2) is 23.3 Å². The quantitative estimate of drug-likeness (QED) is 0.347. The molecule has 6 nitrogen and oxygen atoms in total. The molecule has 4 aliphatic carbocycles. The molecule has 41 heavy (non-hydrogen) atoms.